The second-order valence-corrected chi connectivity index (χ2v) is 7.32. The van der Waals surface area contributed by atoms with E-state index in [1.165, 1.54) is 12.1 Å². The van der Waals surface area contributed by atoms with Gasteiger partial charge in [-0.15, -0.1) is 0 Å². The first kappa shape index (κ1) is 15.9. The lowest BCUT2D eigenvalue weighted by molar-refractivity contribution is -0.133. The minimum Gasteiger partial charge on any atom is -0.383 e. The SMILES string of the molecule is COCCNC(=O)C1=NN(C2CCS(=O)(=O)C2)C(=O)CC1. The smallest absolute Gasteiger partial charge is 0.267 e. The van der Waals surface area contributed by atoms with Crippen molar-refractivity contribution in [1.82, 2.24) is 10.3 Å². The summed E-state index contributed by atoms with van der Waals surface area (Å²) in [5, 5.41) is 7.90. The van der Waals surface area contributed by atoms with Gasteiger partial charge >= 0.3 is 0 Å². The standard InChI is InChI=1S/C12H19N3O5S/c1-20-6-5-13-12(17)10-2-3-11(16)15(14-10)9-4-7-21(18,19)8-9/h9H,2-8H2,1H3,(H,13,17). The van der Waals surface area contributed by atoms with Gasteiger partial charge < -0.3 is 10.1 Å². The van der Waals surface area contributed by atoms with E-state index >= 15 is 0 Å². The number of hydrogen-bond acceptors (Lipinski definition) is 6. The fraction of sp³-hybridized carbons (Fsp3) is 0.750. The Hall–Kier alpha value is -1.48. The van der Waals surface area contributed by atoms with Crippen LogP contribution in [0.15, 0.2) is 5.10 Å². The van der Waals surface area contributed by atoms with Gasteiger partial charge in [-0.05, 0) is 6.42 Å². The molecule has 21 heavy (non-hydrogen) atoms. The Kier molecular flexibility index (Phi) is 4.94. The fourth-order valence-corrected chi connectivity index (χ4v) is 4.05. The molecular weight excluding hydrogens is 298 g/mol. The highest BCUT2D eigenvalue weighted by Crippen LogP contribution is 2.22. The summed E-state index contributed by atoms with van der Waals surface area (Å²) in [5.74, 6) is -0.594. The Morgan fingerprint density at radius 2 is 2.24 bits per heavy atom. The van der Waals surface area contributed by atoms with Gasteiger partial charge in [0, 0.05) is 26.5 Å². The molecule has 1 saturated heterocycles. The first-order valence-corrected chi connectivity index (χ1v) is 8.62. The van der Waals surface area contributed by atoms with E-state index < -0.39 is 15.9 Å². The molecule has 8 nitrogen and oxygen atoms in total. The molecule has 1 unspecified atom stereocenters. The Labute approximate surface area is 123 Å². The van der Waals surface area contributed by atoms with Crippen LogP contribution in [-0.2, 0) is 24.2 Å². The molecule has 0 aromatic heterocycles. The van der Waals surface area contributed by atoms with E-state index in [1.54, 1.807) is 0 Å². The number of rotatable bonds is 5. The van der Waals surface area contributed by atoms with Crippen molar-refractivity contribution in [1.29, 1.82) is 0 Å². The van der Waals surface area contributed by atoms with Gasteiger partial charge in [0.1, 0.15) is 5.71 Å². The normalized spacial score (nSPS) is 24.8. The van der Waals surface area contributed by atoms with Gasteiger partial charge in [0.25, 0.3) is 5.91 Å². The van der Waals surface area contributed by atoms with E-state index in [2.05, 4.69) is 10.4 Å². The number of nitrogens with zero attached hydrogens (tertiary/aromatic N) is 2. The van der Waals surface area contributed by atoms with Crippen molar-refractivity contribution in [3.63, 3.8) is 0 Å². The maximum Gasteiger partial charge on any atom is 0.267 e. The zero-order valence-electron chi connectivity index (χ0n) is 11.9. The van der Waals surface area contributed by atoms with Gasteiger partial charge in [-0.25, -0.2) is 13.4 Å². The molecule has 2 heterocycles. The van der Waals surface area contributed by atoms with Gasteiger partial charge in [-0.2, -0.15) is 5.10 Å². The van der Waals surface area contributed by atoms with Gasteiger partial charge in [-0.3, -0.25) is 9.59 Å². The van der Waals surface area contributed by atoms with Crippen molar-refractivity contribution in [3.8, 4) is 0 Å². The number of hydrogen-bond donors (Lipinski definition) is 1. The van der Waals surface area contributed by atoms with Gasteiger partial charge in [0.05, 0.1) is 24.2 Å². The van der Waals surface area contributed by atoms with Crippen molar-refractivity contribution in [2.75, 3.05) is 31.8 Å². The van der Waals surface area contributed by atoms with Crippen molar-refractivity contribution in [2.45, 2.75) is 25.3 Å². The summed E-state index contributed by atoms with van der Waals surface area (Å²) < 4.78 is 27.8. The lowest BCUT2D eigenvalue weighted by atomic mass is 10.1. The molecule has 0 aromatic carbocycles. The molecule has 0 saturated carbocycles. The van der Waals surface area contributed by atoms with Crippen LogP contribution < -0.4 is 5.32 Å². The van der Waals surface area contributed by atoms with Crippen LogP contribution in [0.4, 0.5) is 0 Å². The molecule has 0 aromatic rings. The number of nitrogens with one attached hydrogen (secondary N) is 1. The third-order valence-corrected chi connectivity index (χ3v) is 5.22. The van der Waals surface area contributed by atoms with Gasteiger partial charge in [0.2, 0.25) is 5.91 Å². The highest BCUT2D eigenvalue weighted by molar-refractivity contribution is 7.91. The van der Waals surface area contributed by atoms with Crippen molar-refractivity contribution < 1.29 is 22.7 Å². The number of hydrazone groups is 1. The number of carbonyl (C=O) groups is 2. The predicted molar refractivity (Wildman–Crippen MR) is 75.5 cm³/mol. The number of ether oxygens (including phenoxy) is 1. The molecule has 2 amide bonds. The lowest BCUT2D eigenvalue weighted by Gasteiger charge is -2.27. The topological polar surface area (TPSA) is 105 Å². The van der Waals surface area contributed by atoms with Crippen LogP contribution in [0.5, 0.6) is 0 Å². The van der Waals surface area contributed by atoms with Gasteiger partial charge in [-0.1, -0.05) is 0 Å². The first-order chi connectivity index (χ1) is 9.93. The van der Waals surface area contributed by atoms with E-state index in [1.807, 2.05) is 0 Å². The van der Waals surface area contributed by atoms with Crippen LogP contribution in [-0.4, -0.2) is 68.8 Å². The monoisotopic (exact) mass is 317 g/mol. The minimum absolute atomic E-state index is 0.0618. The molecule has 9 heteroatoms. The van der Waals surface area contributed by atoms with Crippen LogP contribution in [0.3, 0.4) is 0 Å². The van der Waals surface area contributed by atoms with Crippen LogP contribution in [0.1, 0.15) is 19.3 Å². The minimum atomic E-state index is -3.10. The van der Waals surface area contributed by atoms with Crippen LogP contribution in [0.25, 0.3) is 0 Å². The summed E-state index contributed by atoms with van der Waals surface area (Å²) in [6.07, 6.45) is 0.816. The third kappa shape index (κ3) is 4.01. The summed E-state index contributed by atoms with van der Waals surface area (Å²) in [5.41, 5.74) is 0.259. The van der Waals surface area contributed by atoms with Crippen LogP contribution in [0.2, 0.25) is 0 Å². The fourth-order valence-electron chi connectivity index (χ4n) is 2.36. The molecule has 0 aliphatic carbocycles. The molecule has 1 fully saturated rings. The molecule has 2 aliphatic rings. The van der Waals surface area contributed by atoms with Crippen LogP contribution in [0, 0.1) is 0 Å². The molecule has 1 atom stereocenters. The third-order valence-electron chi connectivity index (χ3n) is 3.47. The molecule has 2 rings (SSSR count). The van der Waals surface area contributed by atoms with E-state index in [4.69, 9.17) is 4.74 Å². The Morgan fingerprint density at radius 1 is 1.48 bits per heavy atom. The molecule has 0 radical (unpaired) electrons. The van der Waals surface area contributed by atoms with Gasteiger partial charge in [0.15, 0.2) is 9.84 Å². The quantitative estimate of drug-likeness (QED) is 0.649. The average Bonchev–Trinajstić information content (AvgIpc) is 2.79. The maximum atomic E-state index is 11.9. The molecule has 0 bridgehead atoms. The Balaban J connectivity index is 2.05. The second-order valence-electron chi connectivity index (χ2n) is 5.09. The highest BCUT2D eigenvalue weighted by atomic mass is 32.2. The zero-order chi connectivity index (χ0) is 15.5. The van der Waals surface area contributed by atoms with Crippen LogP contribution >= 0.6 is 0 Å². The maximum absolute atomic E-state index is 11.9. The second kappa shape index (κ2) is 6.52. The van der Waals surface area contributed by atoms with Crippen molar-refractivity contribution in [2.24, 2.45) is 5.10 Å². The zero-order valence-corrected chi connectivity index (χ0v) is 12.7. The molecule has 118 valence electrons. The van der Waals surface area contributed by atoms with E-state index in [0.717, 1.165) is 0 Å². The number of amides is 2. The number of sulfone groups is 1. The number of methoxy groups -OCH3 is 1. The molecular formula is C12H19N3O5S. The lowest BCUT2D eigenvalue weighted by Crippen LogP contribution is -2.44. The molecule has 1 N–H and O–H groups in total. The Bertz CT molecular complexity index is 557. The van der Waals surface area contributed by atoms with E-state index in [9.17, 15) is 18.0 Å². The van der Waals surface area contributed by atoms with E-state index in [-0.39, 0.29) is 41.9 Å². The predicted octanol–water partition coefficient (Wildman–Crippen LogP) is -1.09. The summed E-state index contributed by atoms with van der Waals surface area (Å²) in [7, 11) is -1.57. The average molecular weight is 317 g/mol. The highest BCUT2D eigenvalue weighted by Gasteiger charge is 2.37. The first-order valence-electron chi connectivity index (χ1n) is 6.80. The van der Waals surface area contributed by atoms with E-state index in [0.29, 0.717) is 19.6 Å². The summed E-state index contributed by atoms with van der Waals surface area (Å²) in [6.45, 7) is 0.753. The van der Waals surface area contributed by atoms with Crippen molar-refractivity contribution >= 4 is 27.4 Å². The molecule has 0 spiro atoms. The summed E-state index contributed by atoms with van der Waals surface area (Å²) in [4.78, 5) is 23.8. The Morgan fingerprint density at radius 3 is 2.86 bits per heavy atom. The molecule has 2 aliphatic heterocycles. The van der Waals surface area contributed by atoms with Crippen molar-refractivity contribution in [3.05, 3.63) is 0 Å². The summed E-state index contributed by atoms with van der Waals surface area (Å²) >= 11 is 0. The summed E-state index contributed by atoms with van der Waals surface area (Å²) in [6, 6.07) is -0.454. The largest absolute Gasteiger partial charge is 0.383 e. The number of carbonyl (C=O) groups excluding carboxylic acids is 2.